The highest BCUT2D eigenvalue weighted by atomic mass is 16.2. The fraction of sp³-hybridized carbons (Fsp3) is 0.923. The summed E-state index contributed by atoms with van der Waals surface area (Å²) in [5, 5.41) is 6.28. The van der Waals surface area contributed by atoms with E-state index < -0.39 is 0 Å². The van der Waals surface area contributed by atoms with Gasteiger partial charge in [-0.2, -0.15) is 0 Å². The molecule has 1 aliphatic carbocycles. The van der Waals surface area contributed by atoms with E-state index in [1.54, 1.807) is 0 Å². The zero-order valence-corrected chi connectivity index (χ0v) is 10.3. The van der Waals surface area contributed by atoms with Crippen LogP contribution in [0, 0.1) is 11.8 Å². The topological polar surface area (TPSA) is 41.1 Å². The molecule has 3 nitrogen and oxygen atoms in total. The maximum absolute atomic E-state index is 11.5. The Bertz CT molecular complexity index is 236. The molecule has 0 bridgehead atoms. The van der Waals surface area contributed by atoms with E-state index in [-0.39, 0.29) is 11.9 Å². The third kappa shape index (κ3) is 3.21. The lowest BCUT2D eigenvalue weighted by Crippen LogP contribution is -2.48. The second kappa shape index (κ2) is 5.67. The van der Waals surface area contributed by atoms with Crippen LogP contribution >= 0.6 is 0 Å². The molecule has 2 aliphatic rings. The molecule has 1 saturated heterocycles. The van der Waals surface area contributed by atoms with Crippen LogP contribution in [0.15, 0.2) is 0 Å². The number of nitrogens with one attached hydrogen (secondary N) is 2. The molecule has 2 N–H and O–H groups in total. The van der Waals surface area contributed by atoms with Crippen molar-refractivity contribution >= 4 is 5.91 Å². The van der Waals surface area contributed by atoms with Crippen LogP contribution < -0.4 is 10.6 Å². The molecule has 1 aliphatic heterocycles. The van der Waals surface area contributed by atoms with Gasteiger partial charge in [0.15, 0.2) is 0 Å². The first-order valence-electron chi connectivity index (χ1n) is 6.77. The van der Waals surface area contributed by atoms with Crippen molar-refractivity contribution < 1.29 is 4.79 Å². The van der Waals surface area contributed by atoms with E-state index >= 15 is 0 Å². The quantitative estimate of drug-likeness (QED) is 0.698. The van der Waals surface area contributed by atoms with Gasteiger partial charge >= 0.3 is 0 Å². The maximum atomic E-state index is 11.5. The summed E-state index contributed by atoms with van der Waals surface area (Å²) in [6.07, 6.45) is 7.52. The van der Waals surface area contributed by atoms with Crippen molar-refractivity contribution in [2.24, 2.45) is 11.8 Å². The summed E-state index contributed by atoms with van der Waals surface area (Å²) in [4.78, 5) is 11.5. The number of rotatable bonds is 5. The lowest BCUT2D eigenvalue weighted by atomic mass is 9.74. The fourth-order valence-electron chi connectivity index (χ4n) is 2.94. The lowest BCUT2D eigenvalue weighted by Gasteiger charge is -2.33. The Kier molecular flexibility index (Phi) is 4.22. The Morgan fingerprint density at radius 3 is 2.94 bits per heavy atom. The molecule has 3 heteroatoms. The van der Waals surface area contributed by atoms with E-state index in [1.807, 2.05) is 0 Å². The van der Waals surface area contributed by atoms with Crippen LogP contribution in [0.1, 0.15) is 45.4 Å². The van der Waals surface area contributed by atoms with Crippen molar-refractivity contribution in [1.82, 2.24) is 10.6 Å². The van der Waals surface area contributed by atoms with E-state index in [4.69, 9.17) is 0 Å². The summed E-state index contributed by atoms with van der Waals surface area (Å²) in [5.74, 6) is 2.13. The predicted octanol–water partition coefficient (Wildman–Crippen LogP) is 1.68. The standard InChI is InChI=1S/C13H24N2O/c1-10-8-11(9-10)4-2-6-14-12-5-3-7-15-13(12)16/h10-12,14H,2-9H2,1H3,(H,15,16). The van der Waals surface area contributed by atoms with Crippen molar-refractivity contribution in [1.29, 1.82) is 0 Å². The summed E-state index contributed by atoms with van der Waals surface area (Å²) < 4.78 is 0. The van der Waals surface area contributed by atoms with Gasteiger partial charge in [-0.1, -0.05) is 6.92 Å². The minimum Gasteiger partial charge on any atom is -0.355 e. The second-order valence-electron chi connectivity index (χ2n) is 5.52. The summed E-state index contributed by atoms with van der Waals surface area (Å²) in [6.45, 7) is 4.20. The number of carbonyl (C=O) groups excluding carboxylic acids is 1. The number of amides is 1. The molecule has 0 aromatic carbocycles. The van der Waals surface area contributed by atoms with Gasteiger partial charge < -0.3 is 10.6 Å². The molecule has 16 heavy (non-hydrogen) atoms. The number of hydrogen-bond donors (Lipinski definition) is 2. The molecule has 92 valence electrons. The Morgan fingerprint density at radius 2 is 2.25 bits per heavy atom. The van der Waals surface area contributed by atoms with Gasteiger partial charge in [-0.3, -0.25) is 4.79 Å². The molecular weight excluding hydrogens is 200 g/mol. The third-order valence-electron chi connectivity index (χ3n) is 3.94. The van der Waals surface area contributed by atoms with Gasteiger partial charge in [0.25, 0.3) is 0 Å². The van der Waals surface area contributed by atoms with Crippen LogP contribution in [0.2, 0.25) is 0 Å². The molecule has 0 radical (unpaired) electrons. The van der Waals surface area contributed by atoms with E-state index in [1.165, 1.54) is 25.7 Å². The predicted molar refractivity (Wildman–Crippen MR) is 65.2 cm³/mol. The van der Waals surface area contributed by atoms with Gasteiger partial charge in [-0.15, -0.1) is 0 Å². The van der Waals surface area contributed by atoms with Crippen LogP contribution in [-0.2, 0) is 4.79 Å². The highest BCUT2D eigenvalue weighted by Crippen LogP contribution is 2.35. The van der Waals surface area contributed by atoms with E-state index in [2.05, 4.69) is 17.6 Å². The highest BCUT2D eigenvalue weighted by molar-refractivity contribution is 5.82. The first-order chi connectivity index (χ1) is 7.75. The van der Waals surface area contributed by atoms with Crippen molar-refractivity contribution in [3.63, 3.8) is 0 Å². The van der Waals surface area contributed by atoms with Gasteiger partial charge in [-0.25, -0.2) is 0 Å². The minimum absolute atomic E-state index is 0.0778. The lowest BCUT2D eigenvalue weighted by molar-refractivity contribution is -0.124. The summed E-state index contributed by atoms with van der Waals surface area (Å²) in [5.41, 5.74) is 0. The normalized spacial score (nSPS) is 34.3. The molecule has 1 amide bonds. The number of hydrogen-bond acceptors (Lipinski definition) is 2. The van der Waals surface area contributed by atoms with E-state index in [0.29, 0.717) is 0 Å². The van der Waals surface area contributed by atoms with Gasteiger partial charge in [0.2, 0.25) is 5.91 Å². The smallest absolute Gasteiger partial charge is 0.237 e. The van der Waals surface area contributed by atoms with Crippen LogP contribution in [0.3, 0.4) is 0 Å². The molecule has 1 atom stereocenters. The molecule has 0 aromatic heterocycles. The first kappa shape index (κ1) is 11.9. The molecule has 0 aromatic rings. The summed E-state index contributed by atoms with van der Waals surface area (Å²) >= 11 is 0. The third-order valence-corrected chi connectivity index (χ3v) is 3.94. The first-order valence-corrected chi connectivity index (χ1v) is 6.77. The zero-order chi connectivity index (χ0) is 11.4. The SMILES string of the molecule is CC1CC(CCCNC2CCCNC2=O)C1. The Balaban J connectivity index is 1.52. The Labute approximate surface area is 98.4 Å². The number of carbonyl (C=O) groups is 1. The van der Waals surface area contributed by atoms with Gasteiger partial charge in [-0.05, 0) is 56.9 Å². The summed E-state index contributed by atoms with van der Waals surface area (Å²) in [6, 6.07) is 0.0778. The van der Waals surface area contributed by atoms with Gasteiger partial charge in [0.05, 0.1) is 6.04 Å². The molecule has 0 spiro atoms. The Morgan fingerprint density at radius 1 is 1.44 bits per heavy atom. The average molecular weight is 224 g/mol. The monoisotopic (exact) mass is 224 g/mol. The van der Waals surface area contributed by atoms with E-state index in [9.17, 15) is 4.79 Å². The maximum Gasteiger partial charge on any atom is 0.237 e. The van der Waals surface area contributed by atoms with Crippen molar-refractivity contribution in [3.8, 4) is 0 Å². The molecule has 2 fully saturated rings. The Hall–Kier alpha value is -0.570. The average Bonchev–Trinajstić information content (AvgIpc) is 2.23. The molecular formula is C13H24N2O. The summed E-state index contributed by atoms with van der Waals surface area (Å²) in [7, 11) is 0. The highest BCUT2D eigenvalue weighted by Gasteiger charge is 2.25. The molecule has 2 rings (SSSR count). The second-order valence-corrected chi connectivity index (χ2v) is 5.52. The van der Waals surface area contributed by atoms with Crippen molar-refractivity contribution in [2.45, 2.75) is 51.5 Å². The van der Waals surface area contributed by atoms with Crippen LogP contribution in [0.25, 0.3) is 0 Å². The largest absolute Gasteiger partial charge is 0.355 e. The number of piperidine rings is 1. The van der Waals surface area contributed by atoms with E-state index in [0.717, 1.165) is 37.8 Å². The van der Waals surface area contributed by atoms with Gasteiger partial charge in [0, 0.05) is 6.54 Å². The molecule has 1 heterocycles. The van der Waals surface area contributed by atoms with Crippen LogP contribution in [0.5, 0.6) is 0 Å². The molecule has 1 saturated carbocycles. The fourth-order valence-corrected chi connectivity index (χ4v) is 2.94. The van der Waals surface area contributed by atoms with Crippen LogP contribution in [-0.4, -0.2) is 25.0 Å². The van der Waals surface area contributed by atoms with Crippen LogP contribution in [0.4, 0.5) is 0 Å². The van der Waals surface area contributed by atoms with Gasteiger partial charge in [0.1, 0.15) is 0 Å². The minimum atomic E-state index is 0.0778. The van der Waals surface area contributed by atoms with Crippen molar-refractivity contribution in [2.75, 3.05) is 13.1 Å². The van der Waals surface area contributed by atoms with Crippen molar-refractivity contribution in [3.05, 3.63) is 0 Å². The molecule has 1 unspecified atom stereocenters. The zero-order valence-electron chi connectivity index (χ0n) is 10.3.